The molecular weight excluding hydrogens is 368 g/mol. The topological polar surface area (TPSA) is 91.8 Å². The fraction of sp³-hybridized carbons (Fsp3) is 0.444. The molecule has 0 unspecified atom stereocenters. The van der Waals surface area contributed by atoms with Gasteiger partial charge in [0.05, 0.1) is 11.4 Å². The van der Waals surface area contributed by atoms with Gasteiger partial charge < -0.3 is 5.11 Å². The van der Waals surface area contributed by atoms with Gasteiger partial charge in [-0.3, -0.25) is 14.3 Å². The van der Waals surface area contributed by atoms with Crippen LogP contribution in [-0.2, 0) is 12.0 Å². The van der Waals surface area contributed by atoms with Crippen molar-refractivity contribution in [1.29, 1.82) is 5.26 Å². The molecule has 0 amide bonds. The van der Waals surface area contributed by atoms with Crippen LogP contribution in [-0.4, -0.2) is 25.4 Å². The van der Waals surface area contributed by atoms with Gasteiger partial charge in [-0.1, -0.05) is 39.5 Å². The number of hydrogen-bond donors (Lipinski definition) is 1. The summed E-state index contributed by atoms with van der Waals surface area (Å²) in [6.45, 7) is 8.50. The average molecular weight is 391 g/mol. The van der Waals surface area contributed by atoms with Crippen LogP contribution in [0.5, 0.6) is 5.75 Å². The monoisotopic (exact) mass is 390 g/mol. The van der Waals surface area contributed by atoms with Crippen molar-refractivity contribution >= 4 is 25.3 Å². The van der Waals surface area contributed by atoms with Gasteiger partial charge in [-0.15, -0.1) is 0 Å². The molecule has 0 aromatic carbocycles. The molecule has 0 radical (unpaired) electrons. The molecule has 0 saturated carbocycles. The number of rotatable bonds is 1. The van der Waals surface area contributed by atoms with Crippen molar-refractivity contribution in [2.45, 2.75) is 44.8 Å². The summed E-state index contributed by atoms with van der Waals surface area (Å²) in [6.07, 6.45) is 1.57. The molecule has 6 nitrogen and oxygen atoms in total. The van der Waals surface area contributed by atoms with Gasteiger partial charge in [0.15, 0.2) is 5.16 Å². The van der Waals surface area contributed by atoms with Crippen molar-refractivity contribution in [3.63, 3.8) is 0 Å². The van der Waals surface area contributed by atoms with Gasteiger partial charge in [0.25, 0.3) is 5.56 Å². The van der Waals surface area contributed by atoms with Crippen LogP contribution in [0.25, 0.3) is 11.3 Å². The number of fused-ring (bicyclic) bond motifs is 1. The smallest absolute Gasteiger partial charge is 0.272 e. The lowest BCUT2D eigenvalue weighted by atomic mass is 9.90. The van der Waals surface area contributed by atoms with E-state index in [1.165, 1.54) is 17.8 Å². The molecule has 1 N–H and O–H groups in total. The quantitative estimate of drug-likeness (QED) is 0.753. The average Bonchev–Trinajstić information content (AvgIpc) is 2.54. The first-order chi connectivity index (χ1) is 11.7. The Kier molecular flexibility index (Phi) is 5.73. The Balaban J connectivity index is 0.00000243. The SMILES string of the molecule is C[C@@H]1CSc2nc(-c3cnc(C(C)(C)C)c(O)c3)c(C#N)c(=O)n2C1.S. The molecule has 0 fully saturated rings. The van der Waals surface area contributed by atoms with Crippen molar-refractivity contribution < 1.29 is 5.11 Å². The van der Waals surface area contributed by atoms with E-state index < -0.39 is 0 Å². The highest BCUT2D eigenvalue weighted by Crippen LogP contribution is 2.33. The van der Waals surface area contributed by atoms with E-state index in [0.29, 0.717) is 28.9 Å². The largest absolute Gasteiger partial charge is 0.506 e. The van der Waals surface area contributed by atoms with Crippen molar-refractivity contribution in [3.05, 3.63) is 33.9 Å². The number of pyridine rings is 1. The van der Waals surface area contributed by atoms with Crippen LogP contribution >= 0.6 is 25.3 Å². The Hall–Kier alpha value is -1.98. The minimum Gasteiger partial charge on any atom is -0.506 e. The van der Waals surface area contributed by atoms with E-state index in [1.54, 1.807) is 10.8 Å². The van der Waals surface area contributed by atoms with E-state index in [1.807, 2.05) is 26.8 Å². The van der Waals surface area contributed by atoms with Gasteiger partial charge in [0.2, 0.25) is 0 Å². The first-order valence-corrected chi connectivity index (χ1v) is 9.08. The molecule has 3 heterocycles. The Bertz CT molecular complexity index is 942. The van der Waals surface area contributed by atoms with E-state index >= 15 is 0 Å². The molecule has 0 bridgehead atoms. The van der Waals surface area contributed by atoms with Crippen LogP contribution in [0.4, 0.5) is 0 Å². The Morgan fingerprint density at radius 1 is 1.42 bits per heavy atom. The maximum absolute atomic E-state index is 12.7. The Labute approximate surface area is 163 Å². The summed E-state index contributed by atoms with van der Waals surface area (Å²) in [7, 11) is 0. The summed E-state index contributed by atoms with van der Waals surface area (Å²) in [4.78, 5) is 21.6. The van der Waals surface area contributed by atoms with Gasteiger partial charge in [-0.25, -0.2) is 4.98 Å². The van der Waals surface area contributed by atoms with Crippen LogP contribution in [0.3, 0.4) is 0 Å². The van der Waals surface area contributed by atoms with Crippen molar-refractivity contribution in [3.8, 4) is 23.1 Å². The zero-order chi connectivity index (χ0) is 18.4. The molecule has 1 aliphatic heterocycles. The summed E-state index contributed by atoms with van der Waals surface area (Å²) in [5, 5.41) is 20.4. The zero-order valence-electron chi connectivity index (χ0n) is 15.2. The zero-order valence-corrected chi connectivity index (χ0v) is 17.0. The van der Waals surface area contributed by atoms with Crippen LogP contribution < -0.4 is 5.56 Å². The predicted octanol–water partition coefficient (Wildman–Crippen LogP) is 3.03. The second-order valence-electron chi connectivity index (χ2n) is 7.40. The molecule has 1 aliphatic rings. The molecule has 0 saturated heterocycles. The van der Waals surface area contributed by atoms with Crippen LogP contribution in [0.1, 0.15) is 39.0 Å². The maximum atomic E-state index is 12.7. The molecule has 0 aliphatic carbocycles. The number of aromatic hydroxyl groups is 1. The number of thioether (sulfide) groups is 1. The fourth-order valence-electron chi connectivity index (χ4n) is 2.86. The van der Waals surface area contributed by atoms with Gasteiger partial charge in [-0.2, -0.15) is 18.8 Å². The molecule has 0 spiro atoms. The van der Waals surface area contributed by atoms with E-state index in [9.17, 15) is 15.2 Å². The number of nitriles is 1. The third kappa shape index (κ3) is 3.60. The maximum Gasteiger partial charge on any atom is 0.272 e. The standard InChI is InChI=1S/C18H20N4O2S.H2S/c1-10-8-22-16(24)12(6-19)14(21-17(22)25-9-10)11-5-13(23)15(20-7-11)18(2,3)4;/h5,7,10,23H,8-9H2,1-4H3;1H2/t10-;/m0./s1. The molecular formula is C18H22N4O2S2. The number of hydrogen-bond acceptors (Lipinski definition) is 6. The predicted molar refractivity (Wildman–Crippen MR) is 107 cm³/mol. The minimum absolute atomic E-state index is 0. The molecule has 2 aromatic heterocycles. The van der Waals surface area contributed by atoms with Gasteiger partial charge in [0.1, 0.15) is 17.4 Å². The first-order valence-electron chi connectivity index (χ1n) is 8.10. The molecule has 138 valence electrons. The third-order valence-corrected chi connectivity index (χ3v) is 5.39. The van der Waals surface area contributed by atoms with Gasteiger partial charge in [-0.05, 0) is 12.0 Å². The Morgan fingerprint density at radius 3 is 2.69 bits per heavy atom. The summed E-state index contributed by atoms with van der Waals surface area (Å²) < 4.78 is 1.57. The lowest BCUT2D eigenvalue weighted by Gasteiger charge is -2.23. The highest BCUT2D eigenvalue weighted by Gasteiger charge is 2.25. The van der Waals surface area contributed by atoms with Gasteiger partial charge in [0, 0.05) is 29.5 Å². The second kappa shape index (κ2) is 7.33. The van der Waals surface area contributed by atoms with E-state index in [4.69, 9.17) is 0 Å². The highest BCUT2D eigenvalue weighted by atomic mass is 32.2. The summed E-state index contributed by atoms with van der Waals surface area (Å²) >= 11 is 1.51. The van der Waals surface area contributed by atoms with Crippen LogP contribution in [0, 0.1) is 17.2 Å². The van der Waals surface area contributed by atoms with Crippen molar-refractivity contribution in [2.75, 3.05) is 5.75 Å². The normalized spacial score (nSPS) is 16.3. The van der Waals surface area contributed by atoms with E-state index in [-0.39, 0.29) is 41.5 Å². The van der Waals surface area contributed by atoms with Crippen LogP contribution in [0.2, 0.25) is 0 Å². The molecule has 3 rings (SSSR count). The third-order valence-electron chi connectivity index (χ3n) is 4.09. The lowest BCUT2D eigenvalue weighted by molar-refractivity contribution is 0.438. The summed E-state index contributed by atoms with van der Waals surface area (Å²) in [5.41, 5.74) is 0.665. The highest BCUT2D eigenvalue weighted by molar-refractivity contribution is 7.99. The first kappa shape index (κ1) is 20.3. The minimum atomic E-state index is -0.332. The summed E-state index contributed by atoms with van der Waals surface area (Å²) in [5.74, 6) is 1.27. The van der Waals surface area contributed by atoms with Crippen molar-refractivity contribution in [1.82, 2.24) is 14.5 Å². The lowest BCUT2D eigenvalue weighted by Crippen LogP contribution is -2.32. The van der Waals surface area contributed by atoms with Crippen LogP contribution in [0.15, 0.2) is 22.2 Å². The molecule has 1 atom stereocenters. The van der Waals surface area contributed by atoms with Gasteiger partial charge >= 0.3 is 0 Å². The fourth-order valence-corrected chi connectivity index (χ4v) is 3.87. The van der Waals surface area contributed by atoms with Crippen molar-refractivity contribution in [2.24, 2.45) is 5.92 Å². The Morgan fingerprint density at radius 2 is 2.12 bits per heavy atom. The number of aromatic nitrogens is 3. The second-order valence-corrected chi connectivity index (χ2v) is 8.39. The molecule has 2 aromatic rings. The van der Waals surface area contributed by atoms with E-state index in [2.05, 4.69) is 16.9 Å². The van der Waals surface area contributed by atoms with E-state index in [0.717, 1.165) is 5.75 Å². The number of nitrogens with zero attached hydrogens (tertiary/aromatic N) is 4. The molecule has 26 heavy (non-hydrogen) atoms. The summed E-state index contributed by atoms with van der Waals surface area (Å²) in [6, 6.07) is 3.51. The molecule has 8 heteroatoms.